The van der Waals surface area contributed by atoms with Gasteiger partial charge < -0.3 is 5.32 Å². The molecule has 0 amide bonds. The largest absolute Gasteiger partial charge is 0.316 e. The van der Waals surface area contributed by atoms with E-state index in [2.05, 4.69) is 26.1 Å². The van der Waals surface area contributed by atoms with Gasteiger partial charge in [0.25, 0.3) is 0 Å². The predicted octanol–water partition coefficient (Wildman–Crippen LogP) is 2.77. The zero-order valence-electron chi connectivity index (χ0n) is 10.4. The molecule has 2 heteroatoms. The maximum atomic E-state index is 12.4. The summed E-state index contributed by atoms with van der Waals surface area (Å²) in [6.45, 7) is 8.39. The van der Waals surface area contributed by atoms with Gasteiger partial charge in [0, 0.05) is 17.9 Å². The SMILES string of the molecule is CCCC(C)C(=O)C1(CC)CCCNC1. The van der Waals surface area contributed by atoms with Crippen LogP contribution in [0, 0.1) is 11.3 Å². The minimum Gasteiger partial charge on any atom is -0.316 e. The van der Waals surface area contributed by atoms with Gasteiger partial charge >= 0.3 is 0 Å². The van der Waals surface area contributed by atoms with Gasteiger partial charge in [-0.1, -0.05) is 27.2 Å². The average Bonchev–Trinajstić information content (AvgIpc) is 2.29. The summed E-state index contributed by atoms with van der Waals surface area (Å²) in [7, 11) is 0. The summed E-state index contributed by atoms with van der Waals surface area (Å²) >= 11 is 0. The summed E-state index contributed by atoms with van der Waals surface area (Å²) in [5, 5.41) is 3.38. The third kappa shape index (κ3) is 2.81. The van der Waals surface area contributed by atoms with Crippen molar-refractivity contribution in [1.29, 1.82) is 0 Å². The third-order valence-corrected chi connectivity index (χ3v) is 3.84. The highest BCUT2D eigenvalue weighted by Crippen LogP contribution is 2.34. The number of hydrogen-bond acceptors (Lipinski definition) is 2. The Morgan fingerprint density at radius 2 is 2.20 bits per heavy atom. The number of piperidine rings is 1. The number of rotatable bonds is 5. The van der Waals surface area contributed by atoms with Crippen LogP contribution in [0.25, 0.3) is 0 Å². The van der Waals surface area contributed by atoms with Gasteiger partial charge in [0.1, 0.15) is 5.78 Å². The molecule has 1 aliphatic heterocycles. The van der Waals surface area contributed by atoms with Crippen molar-refractivity contribution in [3.63, 3.8) is 0 Å². The molecule has 0 saturated carbocycles. The van der Waals surface area contributed by atoms with Gasteiger partial charge in [0.15, 0.2) is 0 Å². The highest BCUT2D eigenvalue weighted by Gasteiger charge is 2.39. The van der Waals surface area contributed by atoms with E-state index in [4.69, 9.17) is 0 Å². The predicted molar refractivity (Wildman–Crippen MR) is 63.9 cm³/mol. The number of carbonyl (C=O) groups excluding carboxylic acids is 1. The number of nitrogens with one attached hydrogen (secondary N) is 1. The zero-order valence-corrected chi connectivity index (χ0v) is 10.4. The van der Waals surface area contributed by atoms with E-state index in [0.29, 0.717) is 5.78 Å². The molecule has 2 atom stereocenters. The smallest absolute Gasteiger partial charge is 0.143 e. The monoisotopic (exact) mass is 211 g/mol. The highest BCUT2D eigenvalue weighted by molar-refractivity contribution is 5.87. The van der Waals surface area contributed by atoms with Gasteiger partial charge in [-0.3, -0.25) is 4.79 Å². The second kappa shape index (κ2) is 5.64. The van der Waals surface area contributed by atoms with Crippen molar-refractivity contribution in [2.75, 3.05) is 13.1 Å². The molecule has 2 nitrogen and oxygen atoms in total. The molecule has 0 aromatic rings. The molecule has 1 heterocycles. The summed E-state index contributed by atoms with van der Waals surface area (Å²) in [6, 6.07) is 0. The lowest BCUT2D eigenvalue weighted by Crippen LogP contribution is -2.47. The lowest BCUT2D eigenvalue weighted by Gasteiger charge is -2.37. The van der Waals surface area contributed by atoms with E-state index >= 15 is 0 Å². The summed E-state index contributed by atoms with van der Waals surface area (Å²) in [4.78, 5) is 12.4. The van der Waals surface area contributed by atoms with Crippen LogP contribution in [0.2, 0.25) is 0 Å². The molecule has 0 radical (unpaired) electrons. The Bertz CT molecular complexity index is 207. The summed E-state index contributed by atoms with van der Waals surface area (Å²) in [5.41, 5.74) is -0.0488. The van der Waals surface area contributed by atoms with Crippen molar-refractivity contribution in [3.8, 4) is 0 Å². The molecule has 1 fully saturated rings. The average molecular weight is 211 g/mol. The van der Waals surface area contributed by atoms with Crippen molar-refractivity contribution in [3.05, 3.63) is 0 Å². The van der Waals surface area contributed by atoms with Gasteiger partial charge in [-0.25, -0.2) is 0 Å². The summed E-state index contributed by atoms with van der Waals surface area (Å²) in [5.74, 6) is 0.744. The van der Waals surface area contributed by atoms with Crippen molar-refractivity contribution >= 4 is 5.78 Å². The Morgan fingerprint density at radius 3 is 2.67 bits per heavy atom. The molecule has 2 unspecified atom stereocenters. The van der Waals surface area contributed by atoms with E-state index in [1.807, 2.05) is 0 Å². The Kier molecular flexibility index (Phi) is 4.78. The third-order valence-electron chi connectivity index (χ3n) is 3.84. The van der Waals surface area contributed by atoms with Crippen LogP contribution >= 0.6 is 0 Å². The second-order valence-corrected chi connectivity index (χ2v) is 4.97. The quantitative estimate of drug-likeness (QED) is 0.757. The first-order valence-corrected chi connectivity index (χ1v) is 6.41. The van der Waals surface area contributed by atoms with Crippen LogP contribution in [0.3, 0.4) is 0 Å². The van der Waals surface area contributed by atoms with Crippen molar-refractivity contribution in [2.45, 2.75) is 52.9 Å². The zero-order chi connectivity index (χ0) is 11.3. The van der Waals surface area contributed by atoms with Crippen molar-refractivity contribution in [2.24, 2.45) is 11.3 Å². The molecule has 0 aromatic carbocycles. The van der Waals surface area contributed by atoms with Crippen LogP contribution in [-0.4, -0.2) is 18.9 Å². The molecule has 15 heavy (non-hydrogen) atoms. The fourth-order valence-electron chi connectivity index (χ4n) is 2.74. The molecular weight excluding hydrogens is 186 g/mol. The molecular formula is C13H25NO. The fourth-order valence-corrected chi connectivity index (χ4v) is 2.74. The minimum absolute atomic E-state index is 0.0488. The minimum atomic E-state index is -0.0488. The maximum absolute atomic E-state index is 12.4. The first-order valence-electron chi connectivity index (χ1n) is 6.41. The van der Waals surface area contributed by atoms with Crippen LogP contribution < -0.4 is 5.32 Å². The Morgan fingerprint density at radius 1 is 1.47 bits per heavy atom. The molecule has 0 aliphatic carbocycles. The first-order chi connectivity index (χ1) is 7.16. The van der Waals surface area contributed by atoms with Crippen LogP contribution in [-0.2, 0) is 4.79 Å². The molecule has 88 valence electrons. The fraction of sp³-hybridized carbons (Fsp3) is 0.923. The lowest BCUT2D eigenvalue weighted by molar-refractivity contribution is -0.134. The number of Topliss-reactive ketones (excluding diaryl/α,β-unsaturated/α-hetero) is 1. The first kappa shape index (κ1) is 12.7. The van der Waals surface area contributed by atoms with Gasteiger partial charge in [0.05, 0.1) is 0 Å². The summed E-state index contributed by atoms with van der Waals surface area (Å²) in [6.07, 6.45) is 5.38. The number of hydrogen-bond donors (Lipinski definition) is 1. The van der Waals surface area contributed by atoms with E-state index in [1.165, 1.54) is 0 Å². The van der Waals surface area contributed by atoms with Gasteiger partial charge in [-0.05, 0) is 32.2 Å². The Hall–Kier alpha value is -0.370. The van der Waals surface area contributed by atoms with E-state index < -0.39 is 0 Å². The van der Waals surface area contributed by atoms with E-state index in [-0.39, 0.29) is 11.3 Å². The Labute approximate surface area is 93.8 Å². The highest BCUT2D eigenvalue weighted by atomic mass is 16.1. The van der Waals surface area contributed by atoms with E-state index in [1.54, 1.807) is 0 Å². The number of ketones is 1. The molecule has 0 aromatic heterocycles. The lowest BCUT2D eigenvalue weighted by atomic mass is 9.70. The molecule has 1 saturated heterocycles. The van der Waals surface area contributed by atoms with Crippen LogP contribution in [0.15, 0.2) is 0 Å². The van der Waals surface area contributed by atoms with Gasteiger partial charge in [-0.15, -0.1) is 0 Å². The Balaban J connectivity index is 2.67. The second-order valence-electron chi connectivity index (χ2n) is 4.97. The number of carbonyl (C=O) groups is 1. The van der Waals surface area contributed by atoms with Crippen LogP contribution in [0.4, 0.5) is 0 Å². The maximum Gasteiger partial charge on any atom is 0.143 e. The molecule has 1 aliphatic rings. The van der Waals surface area contributed by atoms with Crippen LogP contribution in [0.1, 0.15) is 52.9 Å². The standard InChI is InChI=1S/C13H25NO/c1-4-7-11(3)12(15)13(5-2)8-6-9-14-10-13/h11,14H,4-10H2,1-3H3. The molecule has 1 N–H and O–H groups in total. The summed E-state index contributed by atoms with van der Waals surface area (Å²) < 4.78 is 0. The molecule has 0 bridgehead atoms. The van der Waals surface area contributed by atoms with E-state index in [0.717, 1.165) is 45.2 Å². The normalized spacial score (nSPS) is 28.7. The van der Waals surface area contributed by atoms with Gasteiger partial charge in [0.2, 0.25) is 0 Å². The van der Waals surface area contributed by atoms with Crippen LogP contribution in [0.5, 0.6) is 0 Å². The van der Waals surface area contributed by atoms with Crippen molar-refractivity contribution in [1.82, 2.24) is 5.32 Å². The van der Waals surface area contributed by atoms with Crippen molar-refractivity contribution < 1.29 is 4.79 Å². The topological polar surface area (TPSA) is 29.1 Å². The van der Waals surface area contributed by atoms with Gasteiger partial charge in [-0.2, -0.15) is 0 Å². The molecule has 0 spiro atoms. The van der Waals surface area contributed by atoms with E-state index in [9.17, 15) is 4.79 Å². The molecule has 1 rings (SSSR count).